The zero-order valence-electron chi connectivity index (χ0n) is 10.6. The van der Waals surface area contributed by atoms with Crippen molar-refractivity contribution >= 4 is 11.5 Å². The quantitative estimate of drug-likeness (QED) is 0.560. The minimum Gasteiger partial charge on any atom is -0.396 e. The minimum atomic E-state index is 0.110. The highest BCUT2D eigenvalue weighted by Gasteiger charge is 2.24. The molecule has 0 spiro atoms. The van der Waals surface area contributed by atoms with Crippen molar-refractivity contribution in [2.24, 2.45) is 5.73 Å². The molecule has 1 fully saturated rings. The van der Waals surface area contributed by atoms with E-state index in [0.29, 0.717) is 6.04 Å². The summed E-state index contributed by atoms with van der Waals surface area (Å²) in [5, 5.41) is 16.8. The summed E-state index contributed by atoms with van der Waals surface area (Å²) in [6.45, 7) is 1.19. The number of benzene rings is 1. The molecule has 1 heterocycles. The number of rotatable bonds is 4. The van der Waals surface area contributed by atoms with Crippen molar-refractivity contribution in [3.63, 3.8) is 0 Å². The molecule has 0 amide bonds. The van der Waals surface area contributed by atoms with E-state index in [2.05, 4.69) is 4.90 Å². The molecule has 98 valence electrons. The van der Waals surface area contributed by atoms with Crippen molar-refractivity contribution in [3.05, 3.63) is 29.8 Å². The van der Waals surface area contributed by atoms with Crippen LogP contribution in [0.1, 0.15) is 31.2 Å². The first-order chi connectivity index (χ1) is 8.74. The Morgan fingerprint density at radius 3 is 2.89 bits per heavy atom. The number of amidine groups is 1. The standard InChI is InChI=1S/C14H21N3O/c15-14(16)12-6-1-2-7-13(12)17-9-4-3-5-11(17)8-10-18/h1-2,6-7,11,18H,3-5,8-10H2,(H3,15,16). The maximum atomic E-state index is 9.17. The summed E-state index contributed by atoms with van der Waals surface area (Å²) < 4.78 is 0. The third-order valence-electron chi connectivity index (χ3n) is 3.59. The summed E-state index contributed by atoms with van der Waals surface area (Å²) >= 11 is 0. The van der Waals surface area contributed by atoms with Crippen LogP contribution in [-0.4, -0.2) is 30.1 Å². The van der Waals surface area contributed by atoms with Gasteiger partial charge in [0, 0.05) is 30.4 Å². The summed E-state index contributed by atoms with van der Waals surface area (Å²) in [6.07, 6.45) is 4.26. The largest absolute Gasteiger partial charge is 0.396 e. The predicted molar refractivity (Wildman–Crippen MR) is 74.1 cm³/mol. The number of aliphatic hydroxyl groups is 1. The van der Waals surface area contributed by atoms with Gasteiger partial charge in [-0.25, -0.2) is 0 Å². The molecule has 4 heteroatoms. The molecule has 1 aliphatic rings. The Bertz CT molecular complexity index is 417. The number of nitrogens with one attached hydrogen (secondary N) is 1. The SMILES string of the molecule is N=C(N)c1ccccc1N1CCCCC1CCO. The Morgan fingerprint density at radius 1 is 1.39 bits per heavy atom. The van der Waals surface area contributed by atoms with Crippen LogP contribution in [0.15, 0.2) is 24.3 Å². The molecule has 1 aliphatic heterocycles. The molecule has 1 aromatic rings. The van der Waals surface area contributed by atoms with Crippen LogP contribution in [-0.2, 0) is 0 Å². The van der Waals surface area contributed by atoms with Gasteiger partial charge in [-0.05, 0) is 37.8 Å². The molecule has 0 aliphatic carbocycles. The molecule has 1 aromatic carbocycles. The van der Waals surface area contributed by atoms with Crippen LogP contribution in [0.25, 0.3) is 0 Å². The summed E-state index contributed by atoms with van der Waals surface area (Å²) in [5.74, 6) is 0.110. The van der Waals surface area contributed by atoms with Gasteiger partial charge in [-0.3, -0.25) is 5.41 Å². The van der Waals surface area contributed by atoms with E-state index in [-0.39, 0.29) is 12.4 Å². The molecule has 0 bridgehead atoms. The molecule has 0 radical (unpaired) electrons. The number of nitrogens with zero attached hydrogens (tertiary/aromatic N) is 1. The fraction of sp³-hybridized carbons (Fsp3) is 0.500. The van der Waals surface area contributed by atoms with Crippen molar-refractivity contribution in [1.82, 2.24) is 0 Å². The maximum absolute atomic E-state index is 9.17. The lowest BCUT2D eigenvalue weighted by Crippen LogP contribution is -2.41. The number of hydrogen-bond acceptors (Lipinski definition) is 3. The number of nitrogen functional groups attached to an aromatic ring is 1. The second-order valence-electron chi connectivity index (χ2n) is 4.79. The Morgan fingerprint density at radius 2 is 2.17 bits per heavy atom. The van der Waals surface area contributed by atoms with E-state index in [1.54, 1.807) is 0 Å². The highest BCUT2D eigenvalue weighted by Crippen LogP contribution is 2.29. The number of para-hydroxylation sites is 1. The van der Waals surface area contributed by atoms with Gasteiger partial charge in [0.05, 0.1) is 0 Å². The summed E-state index contributed by atoms with van der Waals surface area (Å²) in [6, 6.07) is 8.16. The minimum absolute atomic E-state index is 0.110. The Kier molecular flexibility index (Phi) is 4.20. The van der Waals surface area contributed by atoms with Crippen LogP contribution in [0.5, 0.6) is 0 Å². The van der Waals surface area contributed by atoms with E-state index in [0.717, 1.165) is 37.1 Å². The van der Waals surface area contributed by atoms with E-state index in [1.807, 2.05) is 24.3 Å². The lowest BCUT2D eigenvalue weighted by Gasteiger charge is -2.38. The average Bonchev–Trinajstić information content (AvgIpc) is 2.40. The zero-order chi connectivity index (χ0) is 13.0. The third-order valence-corrected chi connectivity index (χ3v) is 3.59. The van der Waals surface area contributed by atoms with Gasteiger partial charge in [-0.15, -0.1) is 0 Å². The molecular formula is C14H21N3O. The smallest absolute Gasteiger partial charge is 0.124 e. The van der Waals surface area contributed by atoms with E-state index in [9.17, 15) is 0 Å². The van der Waals surface area contributed by atoms with Crippen molar-refractivity contribution in [1.29, 1.82) is 5.41 Å². The molecule has 1 unspecified atom stereocenters. The van der Waals surface area contributed by atoms with Crippen molar-refractivity contribution in [2.75, 3.05) is 18.1 Å². The van der Waals surface area contributed by atoms with Crippen molar-refractivity contribution in [3.8, 4) is 0 Å². The van der Waals surface area contributed by atoms with Gasteiger partial charge in [-0.2, -0.15) is 0 Å². The first-order valence-electron chi connectivity index (χ1n) is 6.55. The molecule has 4 N–H and O–H groups in total. The normalized spacial score (nSPS) is 19.8. The zero-order valence-corrected chi connectivity index (χ0v) is 10.6. The van der Waals surface area contributed by atoms with Crippen LogP contribution in [0, 0.1) is 5.41 Å². The molecule has 4 nitrogen and oxygen atoms in total. The van der Waals surface area contributed by atoms with E-state index >= 15 is 0 Å². The summed E-state index contributed by atoms with van der Waals surface area (Å²) in [5.41, 5.74) is 7.47. The van der Waals surface area contributed by atoms with Gasteiger partial charge in [0.2, 0.25) is 0 Å². The molecular weight excluding hydrogens is 226 g/mol. The van der Waals surface area contributed by atoms with Gasteiger partial charge >= 0.3 is 0 Å². The molecule has 18 heavy (non-hydrogen) atoms. The monoisotopic (exact) mass is 247 g/mol. The fourth-order valence-electron chi connectivity index (χ4n) is 2.72. The summed E-state index contributed by atoms with van der Waals surface area (Å²) in [7, 11) is 0. The summed E-state index contributed by atoms with van der Waals surface area (Å²) in [4.78, 5) is 2.30. The number of piperidine rings is 1. The molecule has 1 saturated heterocycles. The maximum Gasteiger partial charge on any atom is 0.124 e. The van der Waals surface area contributed by atoms with E-state index < -0.39 is 0 Å². The molecule has 1 atom stereocenters. The average molecular weight is 247 g/mol. The lowest BCUT2D eigenvalue weighted by atomic mass is 9.97. The second-order valence-corrected chi connectivity index (χ2v) is 4.79. The highest BCUT2D eigenvalue weighted by molar-refractivity contribution is 6.00. The lowest BCUT2D eigenvalue weighted by molar-refractivity contribution is 0.262. The molecule has 0 aromatic heterocycles. The van der Waals surface area contributed by atoms with Crippen LogP contribution in [0.3, 0.4) is 0 Å². The Hall–Kier alpha value is -1.55. The number of nitrogens with two attached hydrogens (primary N) is 1. The van der Waals surface area contributed by atoms with Crippen molar-refractivity contribution < 1.29 is 5.11 Å². The molecule has 2 rings (SSSR count). The Balaban J connectivity index is 2.30. The second kappa shape index (κ2) is 5.87. The third kappa shape index (κ3) is 2.64. The van der Waals surface area contributed by atoms with Gasteiger partial charge in [0.1, 0.15) is 5.84 Å². The first-order valence-corrected chi connectivity index (χ1v) is 6.55. The number of hydrogen-bond donors (Lipinski definition) is 3. The van der Waals surface area contributed by atoms with Crippen molar-refractivity contribution in [2.45, 2.75) is 31.7 Å². The van der Waals surface area contributed by atoms with Gasteiger partial charge in [0.25, 0.3) is 0 Å². The first kappa shape index (κ1) is 12.9. The van der Waals surface area contributed by atoms with Crippen LogP contribution in [0.2, 0.25) is 0 Å². The topological polar surface area (TPSA) is 73.3 Å². The van der Waals surface area contributed by atoms with Gasteiger partial charge in [-0.1, -0.05) is 12.1 Å². The number of aliphatic hydroxyl groups excluding tert-OH is 1. The fourth-order valence-corrected chi connectivity index (χ4v) is 2.72. The van der Waals surface area contributed by atoms with Crippen LogP contribution >= 0.6 is 0 Å². The van der Waals surface area contributed by atoms with Gasteiger partial charge < -0.3 is 15.7 Å². The van der Waals surface area contributed by atoms with Crippen LogP contribution < -0.4 is 10.6 Å². The van der Waals surface area contributed by atoms with E-state index in [4.69, 9.17) is 16.2 Å². The van der Waals surface area contributed by atoms with Gasteiger partial charge in [0.15, 0.2) is 0 Å². The molecule has 0 saturated carbocycles. The Labute approximate surface area is 108 Å². The van der Waals surface area contributed by atoms with E-state index in [1.165, 1.54) is 6.42 Å². The highest BCUT2D eigenvalue weighted by atomic mass is 16.3. The van der Waals surface area contributed by atoms with Crippen LogP contribution in [0.4, 0.5) is 5.69 Å². The predicted octanol–water partition coefficient (Wildman–Crippen LogP) is 1.71. The number of anilines is 1.